The minimum atomic E-state index is -1.19. The lowest BCUT2D eigenvalue weighted by atomic mass is 9.92. The van der Waals surface area contributed by atoms with E-state index >= 15 is 0 Å². The van der Waals surface area contributed by atoms with E-state index < -0.39 is 17.5 Å². The zero-order valence-electron chi connectivity index (χ0n) is 10.7. The second kappa shape index (κ2) is 5.15. The summed E-state index contributed by atoms with van der Waals surface area (Å²) in [6.45, 7) is 0. The van der Waals surface area contributed by atoms with Crippen LogP contribution in [0.3, 0.4) is 0 Å². The van der Waals surface area contributed by atoms with E-state index in [2.05, 4.69) is 10.3 Å². The quantitative estimate of drug-likeness (QED) is 0.840. The molecule has 1 N–H and O–H groups in total. The molecular weight excluding hydrogens is 265 g/mol. The van der Waals surface area contributed by atoms with Crippen LogP contribution in [-0.2, 0) is 6.42 Å². The Bertz CT molecular complexity index is 643. The summed E-state index contributed by atoms with van der Waals surface area (Å²) in [4.78, 5) is 4.30. The number of hydrogen-bond acceptors (Lipinski definition) is 2. The summed E-state index contributed by atoms with van der Waals surface area (Å²) in [5.74, 6) is -3.05. The van der Waals surface area contributed by atoms with Gasteiger partial charge in [-0.25, -0.2) is 13.2 Å². The normalized spacial score (nSPS) is 17.6. The van der Waals surface area contributed by atoms with E-state index in [-0.39, 0.29) is 11.7 Å². The molecule has 1 aliphatic carbocycles. The Labute approximate surface area is 114 Å². The van der Waals surface area contributed by atoms with Crippen LogP contribution in [0.25, 0.3) is 0 Å². The van der Waals surface area contributed by atoms with E-state index in [1.807, 2.05) is 12.1 Å². The highest BCUT2D eigenvalue weighted by Gasteiger charge is 2.23. The van der Waals surface area contributed by atoms with Gasteiger partial charge >= 0.3 is 0 Å². The predicted molar refractivity (Wildman–Crippen MR) is 69.9 cm³/mol. The van der Waals surface area contributed by atoms with E-state index in [0.717, 1.165) is 36.6 Å². The average molecular weight is 278 g/mol. The van der Waals surface area contributed by atoms with Crippen LogP contribution >= 0.6 is 0 Å². The molecule has 1 atom stereocenters. The molecule has 0 radical (unpaired) electrons. The zero-order chi connectivity index (χ0) is 14.1. The van der Waals surface area contributed by atoms with Gasteiger partial charge in [0, 0.05) is 18.3 Å². The summed E-state index contributed by atoms with van der Waals surface area (Å²) in [5.41, 5.74) is 1.75. The van der Waals surface area contributed by atoms with Gasteiger partial charge in [0.2, 0.25) is 0 Å². The molecule has 0 amide bonds. The maximum atomic E-state index is 13.7. The van der Waals surface area contributed by atoms with Gasteiger partial charge in [0.15, 0.2) is 11.6 Å². The van der Waals surface area contributed by atoms with E-state index in [9.17, 15) is 13.2 Å². The summed E-state index contributed by atoms with van der Waals surface area (Å²) < 4.78 is 40.1. The third-order valence-corrected chi connectivity index (χ3v) is 3.52. The number of pyridine rings is 1. The monoisotopic (exact) mass is 278 g/mol. The summed E-state index contributed by atoms with van der Waals surface area (Å²) in [5, 5.41) is 2.87. The summed E-state index contributed by atoms with van der Waals surface area (Å²) in [6, 6.07) is 5.10. The van der Waals surface area contributed by atoms with Gasteiger partial charge in [0.05, 0.1) is 17.4 Å². The van der Waals surface area contributed by atoms with Gasteiger partial charge in [0.25, 0.3) is 0 Å². The molecule has 1 unspecified atom stereocenters. The van der Waals surface area contributed by atoms with Gasteiger partial charge in [-0.2, -0.15) is 0 Å². The number of anilines is 1. The number of benzene rings is 1. The van der Waals surface area contributed by atoms with Crippen molar-refractivity contribution in [2.75, 3.05) is 5.32 Å². The SMILES string of the molecule is Fc1cc(F)c(F)c(NC2CCCc3cccnc32)c1. The molecule has 1 aliphatic rings. The third kappa shape index (κ3) is 2.35. The molecular formula is C15H13F3N2. The molecule has 1 aromatic carbocycles. The molecule has 2 aromatic rings. The van der Waals surface area contributed by atoms with Crippen LogP contribution in [0.5, 0.6) is 0 Å². The summed E-state index contributed by atoms with van der Waals surface area (Å²) in [7, 11) is 0. The van der Waals surface area contributed by atoms with Crippen molar-refractivity contribution in [2.24, 2.45) is 0 Å². The molecule has 0 bridgehead atoms. The van der Waals surface area contributed by atoms with Crippen molar-refractivity contribution in [2.45, 2.75) is 25.3 Å². The fraction of sp³-hybridized carbons (Fsp3) is 0.267. The molecule has 1 aromatic heterocycles. The molecule has 0 saturated carbocycles. The lowest BCUT2D eigenvalue weighted by molar-refractivity contribution is 0.493. The Morgan fingerprint density at radius 1 is 1.20 bits per heavy atom. The number of rotatable bonds is 2. The van der Waals surface area contributed by atoms with E-state index in [4.69, 9.17) is 0 Å². The Morgan fingerprint density at radius 2 is 2.05 bits per heavy atom. The van der Waals surface area contributed by atoms with Crippen LogP contribution in [0.4, 0.5) is 18.9 Å². The number of hydrogen-bond donors (Lipinski definition) is 1. The molecule has 0 aliphatic heterocycles. The Morgan fingerprint density at radius 3 is 2.90 bits per heavy atom. The summed E-state index contributed by atoms with van der Waals surface area (Å²) in [6.07, 6.45) is 4.26. The summed E-state index contributed by atoms with van der Waals surface area (Å²) >= 11 is 0. The number of halogens is 3. The topological polar surface area (TPSA) is 24.9 Å². The van der Waals surface area contributed by atoms with Crippen LogP contribution in [0.2, 0.25) is 0 Å². The average Bonchev–Trinajstić information content (AvgIpc) is 2.44. The van der Waals surface area contributed by atoms with Crippen LogP contribution in [-0.4, -0.2) is 4.98 Å². The van der Waals surface area contributed by atoms with Crippen LogP contribution in [0, 0.1) is 17.5 Å². The van der Waals surface area contributed by atoms with Crippen molar-refractivity contribution in [3.05, 3.63) is 59.2 Å². The van der Waals surface area contributed by atoms with Gasteiger partial charge in [-0.3, -0.25) is 4.98 Å². The molecule has 0 spiro atoms. The van der Waals surface area contributed by atoms with Crippen LogP contribution in [0.1, 0.15) is 30.1 Å². The highest BCUT2D eigenvalue weighted by Crippen LogP contribution is 2.32. The van der Waals surface area contributed by atoms with E-state index in [1.165, 1.54) is 0 Å². The molecule has 5 heteroatoms. The Balaban J connectivity index is 1.93. The Kier molecular flexibility index (Phi) is 3.34. The number of nitrogens with zero attached hydrogens (tertiary/aromatic N) is 1. The van der Waals surface area contributed by atoms with Crippen molar-refractivity contribution in [1.29, 1.82) is 0 Å². The maximum Gasteiger partial charge on any atom is 0.182 e. The van der Waals surface area contributed by atoms with E-state index in [1.54, 1.807) is 6.20 Å². The number of fused-ring (bicyclic) bond motifs is 1. The van der Waals surface area contributed by atoms with Crippen molar-refractivity contribution >= 4 is 5.69 Å². The lowest BCUT2D eigenvalue weighted by Crippen LogP contribution is -2.19. The van der Waals surface area contributed by atoms with Crippen molar-refractivity contribution in [1.82, 2.24) is 4.98 Å². The molecule has 20 heavy (non-hydrogen) atoms. The zero-order valence-corrected chi connectivity index (χ0v) is 10.7. The van der Waals surface area contributed by atoms with Crippen molar-refractivity contribution in [3.8, 4) is 0 Å². The molecule has 3 rings (SSSR count). The van der Waals surface area contributed by atoms with Gasteiger partial charge in [-0.1, -0.05) is 6.07 Å². The highest BCUT2D eigenvalue weighted by molar-refractivity contribution is 5.48. The van der Waals surface area contributed by atoms with E-state index in [0.29, 0.717) is 6.07 Å². The standard InChI is InChI=1S/C15H13F3N2/c16-10-7-11(17)14(18)13(8-10)20-12-5-1-3-9-4-2-6-19-15(9)12/h2,4,6-8,12,20H,1,3,5H2. The number of aryl methyl sites for hydroxylation is 1. The molecule has 104 valence electrons. The first-order chi connectivity index (χ1) is 9.65. The van der Waals surface area contributed by atoms with Crippen LogP contribution in [0.15, 0.2) is 30.5 Å². The number of aromatic nitrogens is 1. The second-order valence-electron chi connectivity index (χ2n) is 4.89. The predicted octanol–water partition coefficient (Wildman–Crippen LogP) is 3.99. The van der Waals surface area contributed by atoms with Crippen molar-refractivity contribution in [3.63, 3.8) is 0 Å². The molecule has 0 saturated heterocycles. The van der Waals surface area contributed by atoms with Gasteiger partial charge in [-0.15, -0.1) is 0 Å². The fourth-order valence-corrected chi connectivity index (χ4v) is 2.60. The molecule has 2 nitrogen and oxygen atoms in total. The lowest BCUT2D eigenvalue weighted by Gasteiger charge is -2.26. The van der Waals surface area contributed by atoms with Gasteiger partial charge < -0.3 is 5.32 Å². The second-order valence-corrected chi connectivity index (χ2v) is 4.89. The molecule has 0 fully saturated rings. The maximum absolute atomic E-state index is 13.7. The smallest absolute Gasteiger partial charge is 0.182 e. The van der Waals surface area contributed by atoms with Gasteiger partial charge in [-0.05, 0) is 30.9 Å². The first-order valence-corrected chi connectivity index (χ1v) is 6.50. The number of nitrogens with one attached hydrogen (secondary N) is 1. The minimum absolute atomic E-state index is 0.161. The van der Waals surface area contributed by atoms with Crippen LogP contribution < -0.4 is 5.32 Å². The first kappa shape index (κ1) is 13.0. The van der Waals surface area contributed by atoms with Gasteiger partial charge in [0.1, 0.15) is 5.82 Å². The highest BCUT2D eigenvalue weighted by atomic mass is 19.2. The first-order valence-electron chi connectivity index (χ1n) is 6.50. The fourth-order valence-electron chi connectivity index (χ4n) is 2.60. The van der Waals surface area contributed by atoms with Crippen molar-refractivity contribution < 1.29 is 13.2 Å². The molecule has 1 heterocycles. The third-order valence-electron chi connectivity index (χ3n) is 3.52. The largest absolute Gasteiger partial charge is 0.374 e. The minimum Gasteiger partial charge on any atom is -0.374 e. The Hall–Kier alpha value is -2.04.